The van der Waals surface area contributed by atoms with Crippen LogP contribution in [0, 0.1) is 23.7 Å². The molecule has 0 aliphatic carbocycles. The van der Waals surface area contributed by atoms with E-state index in [-0.39, 0.29) is 24.2 Å². The molecule has 3 heterocycles. The van der Waals surface area contributed by atoms with Gasteiger partial charge in [-0.05, 0) is 91.7 Å². The number of carbonyl (C=O) groups is 2. The Balaban J connectivity index is 2.01. The third-order valence-electron chi connectivity index (χ3n) is 10.9. The highest BCUT2D eigenvalue weighted by Gasteiger charge is 2.48. The van der Waals surface area contributed by atoms with Crippen LogP contribution in [0.2, 0.25) is 0 Å². The zero-order valence-electron chi connectivity index (χ0n) is 32.2. The van der Waals surface area contributed by atoms with Gasteiger partial charge < -0.3 is 34.2 Å². The Hall–Kier alpha value is -1.92. The van der Waals surface area contributed by atoms with E-state index in [0.29, 0.717) is 24.8 Å². The summed E-state index contributed by atoms with van der Waals surface area (Å²) >= 11 is 0. The average molecular weight is 783 g/mol. The zero-order valence-corrected chi connectivity index (χ0v) is 33.0. The fourth-order valence-corrected chi connectivity index (χ4v) is 7.99. The largest absolute Gasteiger partial charge is 0.523 e. The normalized spacial score (nSPS) is 36.8. The summed E-state index contributed by atoms with van der Waals surface area (Å²) in [5, 5.41) is 22.4. The predicted octanol–water partition coefficient (Wildman–Crippen LogP) is 4.59. The first-order valence-corrected chi connectivity index (χ1v) is 20.3. The molecule has 0 bridgehead atoms. The number of esters is 1. The minimum Gasteiger partial charge on any atom is -0.462 e. The van der Waals surface area contributed by atoms with Gasteiger partial charge in [-0.1, -0.05) is 44.9 Å². The van der Waals surface area contributed by atoms with E-state index in [0.717, 1.165) is 32.5 Å². The van der Waals surface area contributed by atoms with Gasteiger partial charge in [0.05, 0.1) is 37.4 Å². The molecule has 53 heavy (non-hydrogen) atoms. The number of piperidine rings is 1. The van der Waals surface area contributed by atoms with Gasteiger partial charge in [0.1, 0.15) is 6.10 Å². The second-order valence-electron chi connectivity index (χ2n) is 15.3. The number of nitrogens with zero attached hydrogens (tertiary/aromatic N) is 2. The van der Waals surface area contributed by atoms with E-state index < -0.39 is 89.2 Å². The van der Waals surface area contributed by atoms with Crippen LogP contribution < -0.4 is 0 Å². The maximum Gasteiger partial charge on any atom is 0.523 e. The van der Waals surface area contributed by atoms with E-state index >= 15 is 0 Å². The number of cyclic esters (lactones) is 1. The Morgan fingerprint density at radius 1 is 1.04 bits per heavy atom. The van der Waals surface area contributed by atoms with Gasteiger partial charge in [0.25, 0.3) is 0 Å². The number of carbonyl (C=O) groups excluding carboxylic acids is 2. The number of aliphatic hydroxyl groups is 2. The SMILES string of the molecule is CCC1OC(=O)CC(O)C(C)C(OC2CC(N(C)C)C(O)C(C)O2)C(CCN2CCCCC2)CC(C)C(=O)/C=C/C(C)=C/C1COS(=O)(=O)C(F)(F)F. The first kappa shape index (κ1) is 45.5. The van der Waals surface area contributed by atoms with Gasteiger partial charge in [-0.25, -0.2) is 0 Å². The molecule has 0 aromatic heterocycles. The van der Waals surface area contributed by atoms with Crippen LogP contribution in [0.25, 0.3) is 0 Å². The van der Waals surface area contributed by atoms with E-state index in [1.54, 1.807) is 27.7 Å². The Morgan fingerprint density at radius 2 is 1.70 bits per heavy atom. The van der Waals surface area contributed by atoms with Crippen molar-refractivity contribution in [3.63, 3.8) is 0 Å². The molecule has 2 N–H and O–H groups in total. The number of likely N-dealkylation sites (tertiary alicyclic amines) is 1. The summed E-state index contributed by atoms with van der Waals surface area (Å²) < 4.78 is 85.7. The monoisotopic (exact) mass is 782 g/mol. The van der Waals surface area contributed by atoms with Gasteiger partial charge in [-0.2, -0.15) is 21.6 Å². The van der Waals surface area contributed by atoms with Crippen molar-refractivity contribution < 1.29 is 59.8 Å². The lowest BCUT2D eigenvalue weighted by atomic mass is 9.79. The van der Waals surface area contributed by atoms with Gasteiger partial charge in [0.2, 0.25) is 0 Å². The van der Waals surface area contributed by atoms with Crippen molar-refractivity contribution in [2.75, 3.05) is 40.3 Å². The molecule has 0 spiro atoms. The number of ether oxygens (including phenoxy) is 3. The second kappa shape index (κ2) is 20.3. The molecule has 3 aliphatic heterocycles. The van der Waals surface area contributed by atoms with E-state index in [1.165, 1.54) is 24.6 Å². The minimum absolute atomic E-state index is 0.0847. The number of halogens is 3. The van der Waals surface area contributed by atoms with E-state index in [2.05, 4.69) is 9.08 Å². The number of rotatable bonds is 10. The molecule has 12 nitrogen and oxygen atoms in total. The Kier molecular flexibility index (Phi) is 17.4. The summed E-state index contributed by atoms with van der Waals surface area (Å²) in [6.45, 7) is 10.2. The Morgan fingerprint density at radius 3 is 2.30 bits per heavy atom. The van der Waals surface area contributed by atoms with Crippen molar-refractivity contribution in [3.8, 4) is 0 Å². The molecule has 16 heteroatoms. The predicted molar refractivity (Wildman–Crippen MR) is 192 cm³/mol. The third-order valence-corrected chi connectivity index (χ3v) is 11.9. The molecule has 0 aromatic carbocycles. The molecule has 306 valence electrons. The summed E-state index contributed by atoms with van der Waals surface area (Å²) in [7, 11) is -2.21. The maximum absolute atomic E-state index is 13.6. The first-order chi connectivity index (χ1) is 24.7. The van der Waals surface area contributed by atoms with Gasteiger partial charge >= 0.3 is 21.6 Å². The lowest BCUT2D eigenvalue weighted by Crippen LogP contribution is -2.55. The second-order valence-corrected chi connectivity index (χ2v) is 16.9. The lowest BCUT2D eigenvalue weighted by molar-refractivity contribution is -0.265. The topological polar surface area (TPSA) is 152 Å². The number of aliphatic hydroxyl groups excluding tert-OH is 2. The number of hydrogen-bond donors (Lipinski definition) is 2. The molecule has 3 aliphatic rings. The van der Waals surface area contributed by atoms with Crippen LogP contribution in [-0.4, -0.2) is 129 Å². The zero-order chi connectivity index (χ0) is 39.7. The van der Waals surface area contributed by atoms with Crippen molar-refractivity contribution in [1.29, 1.82) is 0 Å². The average Bonchev–Trinajstić information content (AvgIpc) is 3.09. The molecule has 0 aromatic rings. The number of allylic oxidation sites excluding steroid dienone is 3. The highest BCUT2D eigenvalue weighted by molar-refractivity contribution is 7.87. The van der Waals surface area contributed by atoms with Crippen molar-refractivity contribution in [1.82, 2.24) is 9.80 Å². The van der Waals surface area contributed by atoms with Crippen molar-refractivity contribution in [3.05, 3.63) is 23.8 Å². The van der Waals surface area contributed by atoms with Crippen molar-refractivity contribution >= 4 is 21.9 Å². The van der Waals surface area contributed by atoms with Gasteiger partial charge in [0, 0.05) is 30.2 Å². The number of hydrogen-bond acceptors (Lipinski definition) is 12. The van der Waals surface area contributed by atoms with Gasteiger partial charge in [0.15, 0.2) is 12.1 Å². The molecular weight excluding hydrogens is 721 g/mol. The van der Waals surface area contributed by atoms with E-state index in [4.69, 9.17) is 14.2 Å². The molecule has 2 saturated heterocycles. The van der Waals surface area contributed by atoms with E-state index in [1.807, 2.05) is 25.9 Å². The summed E-state index contributed by atoms with van der Waals surface area (Å²) in [6, 6.07) is -0.270. The number of ketones is 1. The molecule has 0 radical (unpaired) electrons. The van der Waals surface area contributed by atoms with Crippen LogP contribution in [0.3, 0.4) is 0 Å². The smallest absolute Gasteiger partial charge is 0.462 e. The van der Waals surface area contributed by atoms with Crippen LogP contribution in [-0.2, 0) is 38.1 Å². The summed E-state index contributed by atoms with van der Waals surface area (Å²) in [5.41, 5.74) is -5.23. The Bertz CT molecular complexity index is 1350. The number of alkyl halides is 3. The molecule has 11 atom stereocenters. The molecule has 0 saturated carbocycles. The van der Waals surface area contributed by atoms with Gasteiger partial charge in [-0.15, -0.1) is 0 Å². The highest BCUT2D eigenvalue weighted by atomic mass is 32.2. The number of likely N-dealkylation sites (N-methyl/N-ethyl adjacent to an activating group) is 1. The standard InChI is InChI=1S/C37H61F3N2O10S/c1-8-32-28(22-49-53(47,48)37(38,39)40)18-23(2)12-13-30(43)24(3)19-27(14-17-42-15-10-9-11-16-42)36(25(4)31(44)21-33(45)51-32)52-34-20-29(41(6)7)35(46)26(5)50-34/h12-13,18,24-29,31-32,34-36,44,46H,8-11,14-17,19-22H2,1-7H3/b13-12+,23-18+. The van der Waals surface area contributed by atoms with Gasteiger partial charge in [-0.3, -0.25) is 13.8 Å². The van der Waals surface area contributed by atoms with Crippen LogP contribution in [0.15, 0.2) is 23.8 Å². The molecule has 0 amide bonds. The van der Waals surface area contributed by atoms with Crippen molar-refractivity contribution in [2.24, 2.45) is 23.7 Å². The maximum atomic E-state index is 13.6. The van der Waals surface area contributed by atoms with Crippen LogP contribution >= 0.6 is 0 Å². The summed E-state index contributed by atoms with van der Waals surface area (Å²) in [5.74, 6) is -3.61. The van der Waals surface area contributed by atoms with Crippen molar-refractivity contribution in [2.45, 2.75) is 134 Å². The lowest BCUT2D eigenvalue weighted by Gasteiger charge is -2.44. The van der Waals surface area contributed by atoms with Crippen LogP contribution in [0.4, 0.5) is 13.2 Å². The quantitative estimate of drug-likeness (QED) is 0.181. The summed E-state index contributed by atoms with van der Waals surface area (Å²) in [4.78, 5) is 31.3. The molecule has 11 unspecified atom stereocenters. The fourth-order valence-electron chi connectivity index (χ4n) is 7.52. The Labute approximate surface area is 313 Å². The summed E-state index contributed by atoms with van der Waals surface area (Å²) in [6.07, 6.45) is 3.47. The molecular formula is C37H61F3N2O10S. The molecule has 2 fully saturated rings. The minimum atomic E-state index is -5.94. The fraction of sp³-hybridized carbons (Fsp3) is 0.838. The van der Waals surface area contributed by atoms with Crippen LogP contribution in [0.1, 0.15) is 86.0 Å². The molecule has 3 rings (SSSR count). The highest BCUT2D eigenvalue weighted by Crippen LogP contribution is 2.35. The third kappa shape index (κ3) is 13.4. The first-order valence-electron chi connectivity index (χ1n) is 18.8. The van der Waals surface area contributed by atoms with E-state index in [9.17, 15) is 41.4 Å². The van der Waals surface area contributed by atoms with Crippen LogP contribution in [0.5, 0.6) is 0 Å².